The lowest BCUT2D eigenvalue weighted by Gasteiger charge is -2.43. The first kappa shape index (κ1) is 25.3. The Balaban J connectivity index is 1.59. The molecule has 0 unspecified atom stereocenters. The Bertz CT molecular complexity index is 1270. The van der Waals surface area contributed by atoms with Crippen molar-refractivity contribution in [3.8, 4) is 11.3 Å². The van der Waals surface area contributed by atoms with E-state index < -0.39 is 34.5 Å². The van der Waals surface area contributed by atoms with Gasteiger partial charge >= 0.3 is 0 Å². The van der Waals surface area contributed by atoms with Gasteiger partial charge < -0.3 is 16.0 Å². The van der Waals surface area contributed by atoms with Crippen molar-refractivity contribution in [1.29, 1.82) is 0 Å². The molecule has 0 radical (unpaired) electrons. The third-order valence-electron chi connectivity index (χ3n) is 6.28. The Morgan fingerprint density at radius 2 is 1.81 bits per heavy atom. The maximum Gasteiger partial charge on any atom is 0.217 e. The van der Waals surface area contributed by atoms with Crippen LogP contribution in [0.4, 0.5) is 18.9 Å². The number of carbonyl (C=O) groups excluding carboxylic acids is 2. The minimum absolute atomic E-state index is 0.0476. The van der Waals surface area contributed by atoms with Gasteiger partial charge in [0.15, 0.2) is 5.78 Å². The zero-order valence-corrected chi connectivity index (χ0v) is 19.8. The van der Waals surface area contributed by atoms with E-state index in [1.54, 1.807) is 18.5 Å². The maximum atomic E-state index is 14.4. The highest BCUT2D eigenvalue weighted by Gasteiger charge is 2.34. The Kier molecular flexibility index (Phi) is 7.35. The predicted molar refractivity (Wildman–Crippen MR) is 129 cm³/mol. The molecule has 3 N–H and O–H groups in total. The molecular formula is C26H26F3N5O2. The summed E-state index contributed by atoms with van der Waals surface area (Å²) in [6, 6.07) is 6.59. The third kappa shape index (κ3) is 5.23. The second-order valence-electron chi connectivity index (χ2n) is 9.00. The molecule has 0 aliphatic carbocycles. The molecule has 3 atom stereocenters. The number of halogens is 3. The summed E-state index contributed by atoms with van der Waals surface area (Å²) >= 11 is 0. The van der Waals surface area contributed by atoms with Crippen molar-refractivity contribution in [2.75, 3.05) is 18.0 Å². The second kappa shape index (κ2) is 10.4. The summed E-state index contributed by atoms with van der Waals surface area (Å²) in [5, 5.41) is 2.90. The molecule has 3 aromatic rings. The number of anilines is 1. The summed E-state index contributed by atoms with van der Waals surface area (Å²) in [6.45, 7) is 4.49. The number of pyridine rings is 2. The zero-order valence-electron chi connectivity index (χ0n) is 19.8. The van der Waals surface area contributed by atoms with Crippen molar-refractivity contribution in [1.82, 2.24) is 15.3 Å². The number of aromatic nitrogens is 2. The molecule has 1 saturated heterocycles. The molecule has 1 fully saturated rings. The van der Waals surface area contributed by atoms with Crippen LogP contribution in [0, 0.1) is 23.4 Å². The number of carbonyl (C=O) groups is 2. The molecule has 2 aromatic heterocycles. The molecule has 1 aliphatic heterocycles. The molecule has 7 nitrogen and oxygen atoms in total. The Morgan fingerprint density at radius 1 is 1.08 bits per heavy atom. The van der Waals surface area contributed by atoms with Gasteiger partial charge in [-0.2, -0.15) is 0 Å². The molecule has 1 aromatic carbocycles. The fourth-order valence-electron chi connectivity index (χ4n) is 4.63. The third-order valence-corrected chi connectivity index (χ3v) is 6.28. The molecule has 1 aliphatic rings. The fourth-order valence-corrected chi connectivity index (χ4v) is 4.63. The van der Waals surface area contributed by atoms with Crippen LogP contribution in [-0.2, 0) is 11.2 Å². The molecule has 0 bridgehead atoms. The Morgan fingerprint density at radius 3 is 2.47 bits per heavy atom. The smallest absolute Gasteiger partial charge is 0.217 e. The van der Waals surface area contributed by atoms with Crippen LogP contribution in [-0.4, -0.2) is 46.8 Å². The predicted octanol–water partition coefficient (Wildman–Crippen LogP) is 3.27. The van der Waals surface area contributed by atoms with Crippen LogP contribution in [0.1, 0.15) is 29.9 Å². The van der Waals surface area contributed by atoms with Gasteiger partial charge in [-0.15, -0.1) is 0 Å². The first-order valence-electron chi connectivity index (χ1n) is 11.5. The molecule has 0 spiro atoms. The number of ketones is 1. The first-order valence-corrected chi connectivity index (χ1v) is 11.5. The quantitative estimate of drug-likeness (QED) is 0.507. The van der Waals surface area contributed by atoms with E-state index in [2.05, 4.69) is 15.3 Å². The topological polar surface area (TPSA) is 101 Å². The number of amides is 1. The standard InChI is InChI=1S/C26H26F3N5O2/c1-14-12-34(13-20(30)25(14)32-15(2)35)22-8-9-31-11-16(22)10-23(36)21-7-6-19(29)26(33-21)24-17(27)4-3-5-18(24)28/h3-9,11,14,20,25H,10,12-13,30H2,1-2H3,(H,32,35)/t14-,20+,25-/m0/s1. The minimum atomic E-state index is -0.978. The van der Waals surface area contributed by atoms with Crippen LogP contribution in [0.25, 0.3) is 11.3 Å². The minimum Gasteiger partial charge on any atom is -0.369 e. The number of piperidine rings is 1. The molecule has 0 saturated carbocycles. The SMILES string of the molecule is CC(=O)N[C@@H]1[C@H](N)CN(c2ccncc2CC(=O)c2ccc(F)c(-c3c(F)cccc3F)n2)C[C@@H]1C. The van der Waals surface area contributed by atoms with E-state index in [-0.39, 0.29) is 36.0 Å². The number of benzene rings is 1. The molecule has 3 heterocycles. The number of hydrogen-bond acceptors (Lipinski definition) is 6. The van der Waals surface area contributed by atoms with E-state index in [0.29, 0.717) is 18.7 Å². The van der Waals surface area contributed by atoms with Gasteiger partial charge in [-0.1, -0.05) is 13.0 Å². The molecular weight excluding hydrogens is 471 g/mol. The largest absolute Gasteiger partial charge is 0.369 e. The van der Waals surface area contributed by atoms with E-state index in [1.807, 2.05) is 11.8 Å². The highest BCUT2D eigenvalue weighted by atomic mass is 19.1. The number of rotatable bonds is 6. The van der Waals surface area contributed by atoms with Crippen LogP contribution in [0.3, 0.4) is 0 Å². The summed E-state index contributed by atoms with van der Waals surface area (Å²) < 4.78 is 42.9. The van der Waals surface area contributed by atoms with E-state index in [0.717, 1.165) is 30.0 Å². The van der Waals surface area contributed by atoms with Crippen molar-refractivity contribution in [2.45, 2.75) is 32.4 Å². The van der Waals surface area contributed by atoms with Crippen LogP contribution >= 0.6 is 0 Å². The van der Waals surface area contributed by atoms with E-state index in [4.69, 9.17) is 5.73 Å². The molecule has 188 valence electrons. The van der Waals surface area contributed by atoms with Crippen molar-refractivity contribution < 1.29 is 22.8 Å². The Labute approximate surface area is 206 Å². The molecule has 1 amide bonds. The van der Waals surface area contributed by atoms with Crippen molar-refractivity contribution >= 4 is 17.4 Å². The normalized spacial score (nSPS) is 19.7. The van der Waals surface area contributed by atoms with Gasteiger partial charge in [0, 0.05) is 62.2 Å². The highest BCUT2D eigenvalue weighted by molar-refractivity contribution is 5.97. The van der Waals surface area contributed by atoms with E-state index >= 15 is 0 Å². The zero-order chi connectivity index (χ0) is 26.0. The highest BCUT2D eigenvalue weighted by Crippen LogP contribution is 2.29. The van der Waals surface area contributed by atoms with Crippen molar-refractivity contribution in [3.05, 3.63) is 77.5 Å². The number of nitrogens with zero attached hydrogens (tertiary/aromatic N) is 3. The van der Waals surface area contributed by atoms with Crippen molar-refractivity contribution in [2.24, 2.45) is 11.7 Å². The van der Waals surface area contributed by atoms with Crippen LogP contribution in [0.15, 0.2) is 48.8 Å². The van der Waals surface area contributed by atoms with Gasteiger partial charge in [-0.05, 0) is 36.2 Å². The molecule has 36 heavy (non-hydrogen) atoms. The number of nitrogens with one attached hydrogen (secondary N) is 1. The second-order valence-corrected chi connectivity index (χ2v) is 9.00. The van der Waals surface area contributed by atoms with Crippen LogP contribution < -0.4 is 16.0 Å². The van der Waals surface area contributed by atoms with Crippen molar-refractivity contribution in [3.63, 3.8) is 0 Å². The van der Waals surface area contributed by atoms with Gasteiger partial charge in [0.05, 0.1) is 5.56 Å². The van der Waals surface area contributed by atoms with Crippen LogP contribution in [0.5, 0.6) is 0 Å². The number of nitrogens with two attached hydrogens (primary N) is 1. The van der Waals surface area contributed by atoms with Gasteiger partial charge in [-0.3, -0.25) is 14.6 Å². The number of Topliss-reactive ketones (excluding diaryl/α,β-unsaturated/α-hetero) is 1. The summed E-state index contributed by atoms with van der Waals surface area (Å²) in [7, 11) is 0. The average molecular weight is 498 g/mol. The lowest BCUT2D eigenvalue weighted by Crippen LogP contribution is -2.61. The monoisotopic (exact) mass is 497 g/mol. The average Bonchev–Trinajstić information content (AvgIpc) is 2.82. The summed E-state index contributed by atoms with van der Waals surface area (Å²) in [6.07, 6.45) is 3.05. The van der Waals surface area contributed by atoms with Gasteiger partial charge in [0.2, 0.25) is 5.91 Å². The van der Waals surface area contributed by atoms with E-state index in [1.165, 1.54) is 13.0 Å². The van der Waals surface area contributed by atoms with E-state index in [9.17, 15) is 22.8 Å². The Hall–Kier alpha value is -3.79. The number of hydrogen-bond donors (Lipinski definition) is 2. The maximum absolute atomic E-state index is 14.4. The fraction of sp³-hybridized carbons (Fsp3) is 0.308. The first-order chi connectivity index (χ1) is 17.2. The summed E-state index contributed by atoms with van der Waals surface area (Å²) in [5.41, 5.74) is 6.39. The van der Waals surface area contributed by atoms with Gasteiger partial charge in [-0.25, -0.2) is 18.2 Å². The molecule has 4 rings (SSSR count). The van der Waals surface area contributed by atoms with Crippen LogP contribution in [0.2, 0.25) is 0 Å². The van der Waals surface area contributed by atoms with Gasteiger partial charge in [0.25, 0.3) is 0 Å². The lowest BCUT2D eigenvalue weighted by molar-refractivity contribution is -0.120. The lowest BCUT2D eigenvalue weighted by atomic mass is 9.89. The molecule has 10 heteroatoms. The summed E-state index contributed by atoms with van der Waals surface area (Å²) in [5.74, 6) is -3.46. The summed E-state index contributed by atoms with van der Waals surface area (Å²) in [4.78, 5) is 34.8. The van der Waals surface area contributed by atoms with Gasteiger partial charge in [0.1, 0.15) is 28.8 Å².